The van der Waals surface area contributed by atoms with E-state index < -0.39 is 0 Å². The summed E-state index contributed by atoms with van der Waals surface area (Å²) in [5.74, 6) is 1.85. The molecule has 0 saturated carbocycles. The van der Waals surface area contributed by atoms with E-state index in [1.54, 1.807) is 12.5 Å². The van der Waals surface area contributed by atoms with Crippen molar-refractivity contribution in [1.29, 1.82) is 0 Å². The molecule has 6 nitrogen and oxygen atoms in total. The maximum Gasteiger partial charge on any atom is 0.147 e. The molecule has 116 valence electrons. The van der Waals surface area contributed by atoms with Crippen LogP contribution in [0.25, 0.3) is 11.0 Å². The molecule has 3 aromatic rings. The predicted molar refractivity (Wildman–Crippen MR) is 90.4 cm³/mol. The van der Waals surface area contributed by atoms with Gasteiger partial charge in [-0.25, -0.2) is 15.0 Å². The molecule has 1 fully saturated rings. The van der Waals surface area contributed by atoms with Crippen molar-refractivity contribution in [2.24, 2.45) is 0 Å². The molecule has 6 heteroatoms. The lowest BCUT2D eigenvalue weighted by Crippen LogP contribution is -2.39. The van der Waals surface area contributed by atoms with Gasteiger partial charge >= 0.3 is 0 Å². The van der Waals surface area contributed by atoms with Crippen molar-refractivity contribution in [2.45, 2.75) is 18.9 Å². The second-order valence-corrected chi connectivity index (χ2v) is 5.72. The normalized spacial score (nSPS) is 15.7. The maximum atomic E-state index is 4.73. The zero-order valence-corrected chi connectivity index (χ0v) is 12.8. The first-order chi connectivity index (χ1) is 11.4. The zero-order chi connectivity index (χ0) is 15.5. The number of benzene rings is 1. The lowest BCUT2D eigenvalue weighted by atomic mass is 10.1. The monoisotopic (exact) mass is 306 g/mol. The highest BCUT2D eigenvalue weighted by molar-refractivity contribution is 5.75. The third-order valence-electron chi connectivity index (χ3n) is 4.19. The Bertz CT molecular complexity index is 783. The number of para-hydroxylation sites is 2. The highest BCUT2D eigenvalue weighted by Gasteiger charge is 2.20. The molecule has 1 aliphatic rings. The number of piperidine rings is 1. The zero-order valence-electron chi connectivity index (χ0n) is 12.8. The Labute approximate surface area is 134 Å². The highest BCUT2D eigenvalue weighted by Crippen LogP contribution is 2.21. The minimum absolute atomic E-state index is 0.439. The molecule has 0 amide bonds. The van der Waals surface area contributed by atoms with Crippen molar-refractivity contribution >= 4 is 22.7 Å². The van der Waals surface area contributed by atoms with Gasteiger partial charge in [-0.15, -0.1) is 0 Å². The molecule has 1 saturated heterocycles. The Morgan fingerprint density at radius 3 is 2.61 bits per heavy atom. The van der Waals surface area contributed by atoms with Crippen LogP contribution in [0.3, 0.4) is 0 Å². The molecule has 0 atom stereocenters. The summed E-state index contributed by atoms with van der Waals surface area (Å²) in [6.45, 7) is 1.94. The van der Waals surface area contributed by atoms with Crippen LogP contribution in [0.1, 0.15) is 12.8 Å². The van der Waals surface area contributed by atoms with E-state index in [1.807, 2.05) is 36.5 Å². The first kappa shape index (κ1) is 13.9. The number of hydrogen-bond donors (Lipinski definition) is 1. The standard InChI is InChI=1S/C17H18N6/c1-2-4-15-14(3-1)19-11-17(22-15)23-9-6-13(7-10-23)21-16-5-8-18-12-20-16/h1-5,8,11-13H,6-7,9-10H2,(H,18,20,21). The van der Waals surface area contributed by atoms with Crippen LogP contribution in [0.2, 0.25) is 0 Å². The molecule has 1 N–H and O–H groups in total. The van der Waals surface area contributed by atoms with Crippen molar-refractivity contribution in [3.05, 3.63) is 49.1 Å². The minimum Gasteiger partial charge on any atom is -0.367 e. The third-order valence-corrected chi connectivity index (χ3v) is 4.19. The summed E-state index contributed by atoms with van der Waals surface area (Å²) in [6.07, 6.45) is 7.31. The van der Waals surface area contributed by atoms with Gasteiger partial charge in [0.2, 0.25) is 0 Å². The summed E-state index contributed by atoms with van der Waals surface area (Å²) in [5.41, 5.74) is 1.89. The van der Waals surface area contributed by atoms with E-state index >= 15 is 0 Å². The van der Waals surface area contributed by atoms with Crippen LogP contribution < -0.4 is 10.2 Å². The number of hydrogen-bond acceptors (Lipinski definition) is 6. The van der Waals surface area contributed by atoms with Gasteiger partial charge in [-0.3, -0.25) is 4.98 Å². The van der Waals surface area contributed by atoms with Crippen molar-refractivity contribution < 1.29 is 0 Å². The van der Waals surface area contributed by atoms with Crippen molar-refractivity contribution in [3.63, 3.8) is 0 Å². The largest absolute Gasteiger partial charge is 0.367 e. The van der Waals surface area contributed by atoms with Gasteiger partial charge in [0.05, 0.1) is 17.2 Å². The van der Waals surface area contributed by atoms with E-state index in [4.69, 9.17) is 4.98 Å². The van der Waals surface area contributed by atoms with E-state index in [0.29, 0.717) is 6.04 Å². The highest BCUT2D eigenvalue weighted by atomic mass is 15.2. The summed E-state index contributed by atoms with van der Waals surface area (Å²) in [7, 11) is 0. The number of fused-ring (bicyclic) bond motifs is 1. The predicted octanol–water partition coefficient (Wildman–Crippen LogP) is 2.50. The van der Waals surface area contributed by atoms with Crippen LogP contribution >= 0.6 is 0 Å². The van der Waals surface area contributed by atoms with Gasteiger partial charge in [-0.05, 0) is 31.0 Å². The molecule has 0 bridgehead atoms. The summed E-state index contributed by atoms with van der Waals surface area (Å²) < 4.78 is 0. The van der Waals surface area contributed by atoms with Crippen LogP contribution in [0.15, 0.2) is 49.1 Å². The van der Waals surface area contributed by atoms with Gasteiger partial charge < -0.3 is 10.2 Å². The fourth-order valence-electron chi connectivity index (χ4n) is 2.94. The van der Waals surface area contributed by atoms with Crippen LogP contribution in [0.4, 0.5) is 11.6 Å². The minimum atomic E-state index is 0.439. The Kier molecular flexibility index (Phi) is 3.71. The lowest BCUT2D eigenvalue weighted by molar-refractivity contribution is 0.522. The third kappa shape index (κ3) is 3.06. The SMILES string of the molecule is c1ccc2nc(N3CCC(Nc4ccncn4)CC3)cnc2c1. The molecule has 0 unspecified atom stereocenters. The fraction of sp³-hybridized carbons (Fsp3) is 0.294. The van der Waals surface area contributed by atoms with Gasteiger partial charge in [0.25, 0.3) is 0 Å². The summed E-state index contributed by atoms with van der Waals surface area (Å²) in [5, 5.41) is 3.47. The second-order valence-electron chi connectivity index (χ2n) is 5.72. The van der Waals surface area contributed by atoms with Crippen LogP contribution in [0.5, 0.6) is 0 Å². The van der Waals surface area contributed by atoms with Crippen LogP contribution in [-0.4, -0.2) is 39.1 Å². The quantitative estimate of drug-likeness (QED) is 0.802. The van der Waals surface area contributed by atoms with E-state index in [0.717, 1.165) is 48.6 Å². The molecular formula is C17H18N6. The average Bonchev–Trinajstić information content (AvgIpc) is 2.63. The summed E-state index contributed by atoms with van der Waals surface area (Å²) in [4.78, 5) is 19.7. The number of nitrogens with zero attached hydrogens (tertiary/aromatic N) is 5. The smallest absolute Gasteiger partial charge is 0.147 e. The van der Waals surface area contributed by atoms with Crippen LogP contribution in [0, 0.1) is 0 Å². The van der Waals surface area contributed by atoms with Crippen molar-refractivity contribution in [2.75, 3.05) is 23.3 Å². The molecule has 2 aromatic heterocycles. The van der Waals surface area contributed by atoms with E-state index in [9.17, 15) is 0 Å². The maximum absolute atomic E-state index is 4.73. The Balaban J connectivity index is 1.42. The van der Waals surface area contributed by atoms with Gasteiger partial charge in [0, 0.05) is 25.3 Å². The first-order valence-corrected chi connectivity index (χ1v) is 7.88. The van der Waals surface area contributed by atoms with Gasteiger partial charge in [0.15, 0.2) is 0 Å². The van der Waals surface area contributed by atoms with Crippen molar-refractivity contribution in [3.8, 4) is 0 Å². The molecule has 1 aliphatic heterocycles. The summed E-state index contributed by atoms with van der Waals surface area (Å²) >= 11 is 0. The molecular weight excluding hydrogens is 288 g/mol. The molecule has 1 aromatic carbocycles. The Morgan fingerprint density at radius 1 is 1.00 bits per heavy atom. The summed E-state index contributed by atoms with van der Waals surface area (Å²) in [6, 6.07) is 10.3. The van der Waals surface area contributed by atoms with Gasteiger partial charge in [-0.1, -0.05) is 12.1 Å². The number of aromatic nitrogens is 4. The molecule has 0 radical (unpaired) electrons. The van der Waals surface area contributed by atoms with Crippen LogP contribution in [-0.2, 0) is 0 Å². The topological polar surface area (TPSA) is 66.8 Å². The molecule has 0 spiro atoms. The first-order valence-electron chi connectivity index (χ1n) is 7.88. The number of nitrogens with one attached hydrogen (secondary N) is 1. The fourth-order valence-corrected chi connectivity index (χ4v) is 2.94. The van der Waals surface area contributed by atoms with Gasteiger partial charge in [-0.2, -0.15) is 0 Å². The van der Waals surface area contributed by atoms with E-state index in [-0.39, 0.29) is 0 Å². The number of rotatable bonds is 3. The second kappa shape index (κ2) is 6.16. The molecule has 3 heterocycles. The van der Waals surface area contributed by atoms with E-state index in [2.05, 4.69) is 25.2 Å². The molecule has 4 rings (SSSR count). The van der Waals surface area contributed by atoms with Crippen molar-refractivity contribution in [1.82, 2.24) is 19.9 Å². The molecule has 0 aliphatic carbocycles. The van der Waals surface area contributed by atoms with E-state index in [1.165, 1.54) is 0 Å². The Hall–Kier alpha value is -2.76. The number of anilines is 2. The van der Waals surface area contributed by atoms with Gasteiger partial charge in [0.1, 0.15) is 18.0 Å². The lowest BCUT2D eigenvalue weighted by Gasteiger charge is -2.33. The molecule has 23 heavy (non-hydrogen) atoms. The average molecular weight is 306 g/mol. The Morgan fingerprint density at radius 2 is 1.83 bits per heavy atom.